The van der Waals surface area contributed by atoms with Gasteiger partial charge in [0.2, 0.25) is 0 Å². The fourth-order valence-electron chi connectivity index (χ4n) is 3.31. The molecule has 30 heavy (non-hydrogen) atoms. The van der Waals surface area contributed by atoms with Crippen molar-refractivity contribution in [3.05, 3.63) is 112 Å². The number of carbonyl (C=O) groups is 1. The number of aromatic nitrogens is 2. The summed E-state index contributed by atoms with van der Waals surface area (Å²) in [5.41, 5.74) is 4.07. The van der Waals surface area contributed by atoms with Gasteiger partial charge in [0.15, 0.2) is 0 Å². The maximum Gasteiger partial charge on any atom is 0.258 e. The number of hydrogen-bond donors (Lipinski definition) is 0. The molecule has 0 atom stereocenters. The van der Waals surface area contributed by atoms with Gasteiger partial charge in [-0.05, 0) is 60.5 Å². The molecule has 2 heterocycles. The van der Waals surface area contributed by atoms with Crippen molar-refractivity contribution in [3.63, 3.8) is 0 Å². The molecule has 4 aromatic rings. The van der Waals surface area contributed by atoms with Crippen LogP contribution in [0.1, 0.15) is 21.5 Å². The SMILES string of the molecule is Cc1cnccc1C(=O)N(Cc1ccn(-c2ccccc2)c1)c1cc(Cl)cc(Cl)c1. The minimum absolute atomic E-state index is 0.138. The molecule has 2 aromatic carbocycles. The zero-order chi connectivity index (χ0) is 21.1. The summed E-state index contributed by atoms with van der Waals surface area (Å²) in [5, 5.41) is 0.951. The molecule has 0 unspecified atom stereocenters. The van der Waals surface area contributed by atoms with Crippen molar-refractivity contribution in [2.24, 2.45) is 0 Å². The van der Waals surface area contributed by atoms with Crippen LogP contribution in [0.4, 0.5) is 5.69 Å². The van der Waals surface area contributed by atoms with Crippen molar-refractivity contribution in [2.75, 3.05) is 4.90 Å². The van der Waals surface area contributed by atoms with E-state index in [1.54, 1.807) is 41.6 Å². The van der Waals surface area contributed by atoms with Crippen molar-refractivity contribution >= 4 is 34.8 Å². The highest BCUT2D eigenvalue weighted by molar-refractivity contribution is 6.35. The summed E-state index contributed by atoms with van der Waals surface area (Å²) < 4.78 is 2.03. The van der Waals surface area contributed by atoms with E-state index in [1.807, 2.05) is 60.3 Å². The highest BCUT2D eigenvalue weighted by Crippen LogP contribution is 2.28. The van der Waals surface area contributed by atoms with E-state index in [0.29, 0.717) is 27.8 Å². The molecule has 0 saturated heterocycles. The molecule has 0 fully saturated rings. The lowest BCUT2D eigenvalue weighted by atomic mass is 10.1. The van der Waals surface area contributed by atoms with Crippen LogP contribution in [0.5, 0.6) is 0 Å². The van der Waals surface area contributed by atoms with Gasteiger partial charge in [-0.2, -0.15) is 0 Å². The number of rotatable bonds is 5. The lowest BCUT2D eigenvalue weighted by Crippen LogP contribution is -2.31. The summed E-state index contributed by atoms with van der Waals surface area (Å²) >= 11 is 12.5. The monoisotopic (exact) mass is 435 g/mol. The summed E-state index contributed by atoms with van der Waals surface area (Å²) in [6.07, 6.45) is 7.30. The zero-order valence-electron chi connectivity index (χ0n) is 16.3. The quantitative estimate of drug-likeness (QED) is 0.367. The molecule has 4 nitrogen and oxygen atoms in total. The fraction of sp³-hybridized carbons (Fsp3) is 0.0833. The van der Waals surface area contributed by atoms with Crippen LogP contribution < -0.4 is 4.90 Å². The first kappa shape index (κ1) is 20.2. The predicted molar refractivity (Wildman–Crippen MR) is 122 cm³/mol. The first-order valence-electron chi connectivity index (χ1n) is 9.42. The second kappa shape index (κ2) is 8.74. The Hall–Kier alpha value is -3.08. The average molecular weight is 436 g/mol. The van der Waals surface area contributed by atoms with Gasteiger partial charge in [0.1, 0.15) is 0 Å². The van der Waals surface area contributed by atoms with Crippen molar-refractivity contribution in [1.29, 1.82) is 0 Å². The number of halogens is 2. The Labute approximate surface area is 185 Å². The molecule has 0 spiro atoms. The molecule has 6 heteroatoms. The Kier molecular flexibility index (Phi) is 5.88. The topological polar surface area (TPSA) is 38.1 Å². The molecule has 0 aliphatic heterocycles. The highest BCUT2D eigenvalue weighted by Gasteiger charge is 2.21. The number of carbonyl (C=O) groups excluding carboxylic acids is 1. The smallest absolute Gasteiger partial charge is 0.258 e. The minimum atomic E-state index is -0.138. The molecular weight excluding hydrogens is 417 g/mol. The van der Waals surface area contributed by atoms with Gasteiger partial charge < -0.3 is 9.47 Å². The Morgan fingerprint density at radius 1 is 1.03 bits per heavy atom. The van der Waals surface area contributed by atoms with Crippen LogP contribution in [0.3, 0.4) is 0 Å². The molecule has 150 valence electrons. The molecule has 0 radical (unpaired) electrons. The molecule has 0 N–H and O–H groups in total. The van der Waals surface area contributed by atoms with E-state index in [9.17, 15) is 4.79 Å². The number of aryl methyl sites for hydroxylation is 1. The van der Waals surface area contributed by atoms with Crippen molar-refractivity contribution in [3.8, 4) is 5.69 Å². The van der Waals surface area contributed by atoms with Crippen LogP contribution in [-0.4, -0.2) is 15.5 Å². The van der Waals surface area contributed by atoms with E-state index in [4.69, 9.17) is 23.2 Å². The van der Waals surface area contributed by atoms with Crippen molar-refractivity contribution in [1.82, 2.24) is 9.55 Å². The third kappa shape index (κ3) is 4.40. The highest BCUT2D eigenvalue weighted by atomic mass is 35.5. The minimum Gasteiger partial charge on any atom is -0.324 e. The molecule has 1 amide bonds. The summed E-state index contributed by atoms with van der Waals surface area (Å²) in [6, 6.07) is 18.9. The fourth-order valence-corrected chi connectivity index (χ4v) is 3.83. The number of hydrogen-bond acceptors (Lipinski definition) is 2. The molecule has 2 aromatic heterocycles. The lowest BCUT2D eigenvalue weighted by Gasteiger charge is -2.24. The van der Waals surface area contributed by atoms with E-state index in [1.165, 1.54) is 0 Å². The Morgan fingerprint density at radius 3 is 2.47 bits per heavy atom. The van der Waals surface area contributed by atoms with Gasteiger partial charge in [-0.15, -0.1) is 0 Å². The number of amides is 1. The van der Waals surface area contributed by atoms with Gasteiger partial charge in [-0.3, -0.25) is 9.78 Å². The molecule has 0 aliphatic rings. The van der Waals surface area contributed by atoms with Gasteiger partial charge in [0, 0.05) is 51.8 Å². The lowest BCUT2D eigenvalue weighted by molar-refractivity contribution is 0.0984. The first-order valence-corrected chi connectivity index (χ1v) is 10.2. The zero-order valence-corrected chi connectivity index (χ0v) is 17.8. The van der Waals surface area contributed by atoms with Gasteiger partial charge in [0.05, 0.1) is 6.54 Å². The Morgan fingerprint density at radius 2 is 1.77 bits per heavy atom. The van der Waals surface area contributed by atoms with E-state index in [2.05, 4.69) is 4.98 Å². The molecule has 0 aliphatic carbocycles. The van der Waals surface area contributed by atoms with Crippen molar-refractivity contribution in [2.45, 2.75) is 13.5 Å². The number of anilines is 1. The van der Waals surface area contributed by atoms with Crippen LogP contribution in [0.25, 0.3) is 5.69 Å². The standard InChI is InChI=1S/C24H19Cl2N3O/c1-17-14-27-9-7-23(17)24(30)29(22-12-19(25)11-20(26)13-22)16-18-8-10-28(15-18)21-5-3-2-4-6-21/h2-15H,16H2,1H3. The third-order valence-corrected chi connectivity index (χ3v) is 5.24. The molecular formula is C24H19Cl2N3O. The van der Waals surface area contributed by atoms with E-state index in [-0.39, 0.29) is 5.91 Å². The average Bonchev–Trinajstić information content (AvgIpc) is 3.21. The number of pyridine rings is 1. The maximum absolute atomic E-state index is 13.5. The van der Waals surface area contributed by atoms with Crippen LogP contribution >= 0.6 is 23.2 Å². The van der Waals surface area contributed by atoms with Crippen LogP contribution in [0, 0.1) is 6.92 Å². The Balaban J connectivity index is 1.72. The number of nitrogens with zero attached hydrogens (tertiary/aromatic N) is 3. The normalized spacial score (nSPS) is 10.8. The van der Waals surface area contributed by atoms with E-state index >= 15 is 0 Å². The number of para-hydroxylation sites is 1. The first-order chi connectivity index (χ1) is 14.5. The van der Waals surface area contributed by atoms with E-state index in [0.717, 1.165) is 16.8 Å². The molecule has 4 rings (SSSR count). The summed E-state index contributed by atoms with van der Waals surface area (Å²) in [5.74, 6) is -0.138. The van der Waals surface area contributed by atoms with Crippen LogP contribution in [-0.2, 0) is 6.54 Å². The van der Waals surface area contributed by atoms with Crippen LogP contribution in [0.2, 0.25) is 10.0 Å². The summed E-state index contributed by atoms with van der Waals surface area (Å²) in [7, 11) is 0. The molecule has 0 bridgehead atoms. The largest absolute Gasteiger partial charge is 0.324 e. The predicted octanol–water partition coefficient (Wildman–Crippen LogP) is 6.33. The van der Waals surface area contributed by atoms with Gasteiger partial charge in [-0.25, -0.2) is 0 Å². The second-order valence-corrected chi connectivity index (χ2v) is 7.84. The molecule has 0 saturated carbocycles. The van der Waals surface area contributed by atoms with Crippen molar-refractivity contribution < 1.29 is 4.79 Å². The van der Waals surface area contributed by atoms with Gasteiger partial charge >= 0.3 is 0 Å². The number of benzene rings is 2. The summed E-state index contributed by atoms with van der Waals surface area (Å²) in [4.78, 5) is 19.3. The van der Waals surface area contributed by atoms with Crippen LogP contribution in [0.15, 0.2) is 85.5 Å². The third-order valence-electron chi connectivity index (χ3n) is 4.80. The summed E-state index contributed by atoms with van der Waals surface area (Å²) in [6.45, 7) is 2.24. The Bertz CT molecular complexity index is 1170. The van der Waals surface area contributed by atoms with Gasteiger partial charge in [-0.1, -0.05) is 41.4 Å². The second-order valence-electron chi connectivity index (χ2n) is 6.97. The van der Waals surface area contributed by atoms with E-state index < -0.39 is 0 Å². The maximum atomic E-state index is 13.5. The van der Waals surface area contributed by atoms with Gasteiger partial charge in [0.25, 0.3) is 5.91 Å².